The van der Waals surface area contributed by atoms with Crippen molar-refractivity contribution in [3.05, 3.63) is 37.7 Å². The van der Waals surface area contributed by atoms with Crippen molar-refractivity contribution in [3.8, 4) is 0 Å². The van der Waals surface area contributed by atoms with Crippen LogP contribution in [0.25, 0.3) is 10.2 Å². The molecule has 0 saturated heterocycles. The molecule has 1 aliphatic carbocycles. The molecule has 25 heavy (non-hydrogen) atoms. The minimum absolute atomic E-state index is 0.0530. The lowest BCUT2D eigenvalue weighted by Crippen LogP contribution is -2.15. The number of hydrogen-bond donors (Lipinski definition) is 2. The summed E-state index contributed by atoms with van der Waals surface area (Å²) in [5, 5.41) is 6.05. The first-order valence-electron chi connectivity index (χ1n) is 7.93. The third kappa shape index (κ3) is 3.49. The number of hydrogen-bond acceptors (Lipinski definition) is 7. The molecule has 9 heteroatoms. The molecule has 2 N–H and O–H groups in total. The van der Waals surface area contributed by atoms with Gasteiger partial charge in [-0.3, -0.25) is 9.59 Å². The highest BCUT2D eigenvalue weighted by molar-refractivity contribution is 7.99. The third-order valence-electron chi connectivity index (χ3n) is 3.96. The van der Waals surface area contributed by atoms with Crippen LogP contribution >= 0.6 is 34.4 Å². The van der Waals surface area contributed by atoms with E-state index in [9.17, 15) is 9.59 Å². The van der Waals surface area contributed by atoms with Crippen LogP contribution in [0.15, 0.2) is 10.2 Å². The Labute approximate surface area is 156 Å². The Hall–Kier alpha value is -1.71. The lowest BCUT2D eigenvalue weighted by Gasteiger charge is -2.03. The zero-order valence-corrected chi connectivity index (χ0v) is 16.0. The summed E-state index contributed by atoms with van der Waals surface area (Å²) in [6.45, 7) is 1.89. The highest BCUT2D eigenvalue weighted by Crippen LogP contribution is 2.34. The number of carbonyl (C=O) groups is 1. The lowest BCUT2D eigenvalue weighted by atomic mass is 10.2. The van der Waals surface area contributed by atoms with Gasteiger partial charge in [-0.15, -0.1) is 34.4 Å². The number of thioether (sulfide) groups is 1. The van der Waals surface area contributed by atoms with Crippen LogP contribution in [0.4, 0.5) is 5.13 Å². The van der Waals surface area contributed by atoms with Crippen molar-refractivity contribution in [1.82, 2.24) is 15.0 Å². The number of rotatable bonds is 5. The van der Waals surface area contributed by atoms with Crippen molar-refractivity contribution in [2.24, 2.45) is 0 Å². The van der Waals surface area contributed by atoms with Gasteiger partial charge in [0.05, 0.1) is 22.6 Å². The number of aryl methyl sites for hydroxylation is 3. The molecule has 1 amide bonds. The summed E-state index contributed by atoms with van der Waals surface area (Å²) in [5.41, 5.74) is 2.03. The first-order valence-corrected chi connectivity index (χ1v) is 10.8. The van der Waals surface area contributed by atoms with E-state index in [-0.39, 0.29) is 11.5 Å². The zero-order chi connectivity index (χ0) is 17.4. The van der Waals surface area contributed by atoms with Gasteiger partial charge in [0.2, 0.25) is 5.91 Å². The number of anilines is 1. The molecule has 0 atom stereocenters. The smallest absolute Gasteiger partial charge is 0.259 e. The molecule has 0 aliphatic heterocycles. The van der Waals surface area contributed by atoms with E-state index in [1.54, 1.807) is 11.3 Å². The van der Waals surface area contributed by atoms with Crippen LogP contribution in [0, 0.1) is 6.92 Å². The van der Waals surface area contributed by atoms with Crippen LogP contribution in [0.5, 0.6) is 0 Å². The number of thiophene rings is 1. The van der Waals surface area contributed by atoms with Crippen LogP contribution in [0.1, 0.15) is 28.4 Å². The number of H-pyrrole nitrogens is 1. The highest BCUT2D eigenvalue weighted by atomic mass is 32.2. The van der Waals surface area contributed by atoms with Gasteiger partial charge in [-0.05, 0) is 31.7 Å². The van der Waals surface area contributed by atoms with Crippen molar-refractivity contribution in [2.45, 2.75) is 31.9 Å². The van der Waals surface area contributed by atoms with Crippen LogP contribution in [0.3, 0.4) is 0 Å². The minimum Gasteiger partial charge on any atom is -0.309 e. The van der Waals surface area contributed by atoms with Crippen molar-refractivity contribution in [3.63, 3.8) is 0 Å². The molecule has 0 bridgehead atoms. The van der Waals surface area contributed by atoms with E-state index in [0.717, 1.165) is 35.2 Å². The van der Waals surface area contributed by atoms with E-state index in [1.165, 1.54) is 33.5 Å². The van der Waals surface area contributed by atoms with E-state index in [4.69, 9.17) is 0 Å². The van der Waals surface area contributed by atoms with Gasteiger partial charge in [0.25, 0.3) is 5.56 Å². The second-order valence-electron chi connectivity index (χ2n) is 5.89. The number of fused-ring (bicyclic) bond motifs is 3. The van der Waals surface area contributed by atoms with Gasteiger partial charge in [0.1, 0.15) is 10.7 Å². The average molecular weight is 393 g/mol. The van der Waals surface area contributed by atoms with Crippen LogP contribution in [-0.2, 0) is 23.4 Å². The largest absolute Gasteiger partial charge is 0.309 e. The zero-order valence-electron chi connectivity index (χ0n) is 13.5. The molecular weight excluding hydrogens is 376 g/mol. The van der Waals surface area contributed by atoms with Crippen LogP contribution in [0.2, 0.25) is 0 Å². The molecule has 1 aliphatic rings. The van der Waals surface area contributed by atoms with Crippen LogP contribution in [-0.4, -0.2) is 26.6 Å². The Morgan fingerprint density at radius 2 is 2.28 bits per heavy atom. The molecule has 6 nitrogen and oxygen atoms in total. The number of amides is 1. The predicted octanol–water partition coefficient (Wildman–Crippen LogP) is 3.11. The Morgan fingerprint density at radius 1 is 1.40 bits per heavy atom. The van der Waals surface area contributed by atoms with Gasteiger partial charge in [-0.2, -0.15) is 0 Å². The monoisotopic (exact) mass is 392 g/mol. The molecule has 0 radical (unpaired) electrons. The summed E-state index contributed by atoms with van der Waals surface area (Å²) in [5.74, 6) is 1.32. The number of aromatic amines is 1. The van der Waals surface area contributed by atoms with Gasteiger partial charge >= 0.3 is 0 Å². The average Bonchev–Trinajstić information content (AvgIpc) is 3.23. The lowest BCUT2D eigenvalue weighted by molar-refractivity contribution is -0.113. The van der Waals surface area contributed by atoms with E-state index >= 15 is 0 Å². The normalized spacial score (nSPS) is 13.3. The quantitative estimate of drug-likeness (QED) is 0.697. The number of nitrogens with one attached hydrogen (secondary N) is 2. The van der Waals surface area contributed by atoms with Crippen LogP contribution < -0.4 is 10.9 Å². The first-order chi connectivity index (χ1) is 12.1. The van der Waals surface area contributed by atoms with E-state index in [0.29, 0.717) is 22.5 Å². The Balaban J connectivity index is 1.40. The van der Waals surface area contributed by atoms with Gasteiger partial charge < -0.3 is 10.3 Å². The maximum atomic E-state index is 12.4. The Kier molecular flexibility index (Phi) is 4.61. The van der Waals surface area contributed by atoms with Gasteiger partial charge in [-0.25, -0.2) is 9.97 Å². The second kappa shape index (κ2) is 6.89. The van der Waals surface area contributed by atoms with E-state index in [1.807, 2.05) is 12.3 Å². The first kappa shape index (κ1) is 16.7. The molecule has 3 aromatic heterocycles. The second-order valence-corrected chi connectivity index (χ2v) is 8.81. The molecule has 0 aromatic carbocycles. The molecule has 4 rings (SSSR count). The van der Waals surface area contributed by atoms with Crippen molar-refractivity contribution in [2.75, 3.05) is 11.1 Å². The summed E-state index contributed by atoms with van der Waals surface area (Å²) in [7, 11) is 0. The maximum absolute atomic E-state index is 12.4. The Morgan fingerprint density at radius 3 is 3.08 bits per heavy atom. The van der Waals surface area contributed by atoms with Crippen molar-refractivity contribution in [1.29, 1.82) is 0 Å². The number of thiazole rings is 1. The topological polar surface area (TPSA) is 87.7 Å². The third-order valence-corrected chi connectivity index (χ3v) is 6.97. The summed E-state index contributed by atoms with van der Waals surface area (Å²) in [6.07, 6.45) is 3.16. The molecule has 3 heterocycles. The van der Waals surface area contributed by atoms with Crippen molar-refractivity contribution < 1.29 is 4.79 Å². The van der Waals surface area contributed by atoms with Gasteiger partial charge in [0.15, 0.2) is 5.13 Å². The fourth-order valence-corrected chi connectivity index (χ4v) is 5.60. The standard InChI is InChI=1S/C16H16N4O2S3/c1-8-5-24-16(17-8)20-12(21)7-23-6-11-18-14(22)13-9-3-2-4-10(9)25-15(13)19-11/h5H,2-4,6-7H2,1H3,(H,17,20,21)(H,18,19,22). The number of carbonyl (C=O) groups excluding carboxylic acids is 1. The summed E-state index contributed by atoms with van der Waals surface area (Å²) >= 11 is 4.47. The number of nitrogens with zero attached hydrogens (tertiary/aromatic N) is 2. The summed E-state index contributed by atoms with van der Waals surface area (Å²) in [6, 6.07) is 0. The molecule has 0 saturated carbocycles. The van der Waals surface area contributed by atoms with E-state index in [2.05, 4.69) is 20.3 Å². The summed E-state index contributed by atoms with van der Waals surface area (Å²) < 4.78 is 0. The highest BCUT2D eigenvalue weighted by Gasteiger charge is 2.21. The number of aromatic nitrogens is 3. The van der Waals surface area contributed by atoms with Gasteiger partial charge in [-0.1, -0.05) is 0 Å². The molecule has 0 unspecified atom stereocenters. The van der Waals surface area contributed by atoms with Crippen molar-refractivity contribution >= 4 is 55.7 Å². The SMILES string of the molecule is Cc1csc(NC(=O)CSCc2nc3sc4c(c3c(=O)[nH]2)CCC4)n1. The summed E-state index contributed by atoms with van der Waals surface area (Å²) in [4.78, 5) is 38.1. The molecule has 0 fully saturated rings. The predicted molar refractivity (Wildman–Crippen MR) is 104 cm³/mol. The fraction of sp³-hybridized carbons (Fsp3) is 0.375. The Bertz CT molecular complexity index is 1000. The molecule has 3 aromatic rings. The molecular formula is C16H16N4O2S3. The maximum Gasteiger partial charge on any atom is 0.259 e. The molecule has 130 valence electrons. The fourth-order valence-electron chi connectivity index (χ4n) is 2.92. The minimum atomic E-state index is -0.0992. The van der Waals surface area contributed by atoms with Gasteiger partial charge in [0, 0.05) is 10.3 Å². The van der Waals surface area contributed by atoms with E-state index < -0.39 is 0 Å². The molecule has 0 spiro atoms.